The van der Waals surface area contributed by atoms with Gasteiger partial charge in [0, 0.05) is 57.4 Å². The number of aromatic carboxylic acids is 1. The van der Waals surface area contributed by atoms with Crippen LogP contribution in [0.25, 0.3) is 24.3 Å². The zero-order chi connectivity index (χ0) is 28.9. The molecule has 0 unspecified atom stereocenters. The van der Waals surface area contributed by atoms with E-state index in [0.29, 0.717) is 17.7 Å². The van der Waals surface area contributed by atoms with E-state index in [0.717, 1.165) is 52.0 Å². The predicted octanol–water partition coefficient (Wildman–Crippen LogP) is 4.49. The van der Waals surface area contributed by atoms with Gasteiger partial charge in [0.25, 0.3) is 0 Å². The van der Waals surface area contributed by atoms with Crippen molar-refractivity contribution in [3.05, 3.63) is 78.2 Å². The number of allylic oxidation sites excluding steroid dienone is 2. The molecule has 0 saturated carbocycles. The SMILES string of the molecule is CCc1c2[nH]c(c1C)C=C1NC(=Cc3[nH]c(c(C)c3C(=O)O)C=c3[nH]c(c(C)c3CC)=C2)[C@H](CCC(=O)O)[C@@H]1C. The number of aromatic amines is 3. The van der Waals surface area contributed by atoms with Crippen LogP contribution in [-0.4, -0.2) is 37.1 Å². The maximum absolute atomic E-state index is 12.4. The van der Waals surface area contributed by atoms with E-state index in [1.54, 1.807) is 0 Å². The van der Waals surface area contributed by atoms with E-state index < -0.39 is 11.9 Å². The Kier molecular flexibility index (Phi) is 7.12. The zero-order valence-electron chi connectivity index (χ0n) is 24.0. The molecule has 0 amide bonds. The van der Waals surface area contributed by atoms with Gasteiger partial charge in [-0.2, -0.15) is 0 Å². The second kappa shape index (κ2) is 10.4. The Morgan fingerprint density at radius 1 is 0.750 bits per heavy atom. The van der Waals surface area contributed by atoms with Crippen LogP contribution in [0.2, 0.25) is 0 Å². The molecule has 2 aliphatic rings. The molecule has 5 heterocycles. The Morgan fingerprint density at radius 2 is 1.38 bits per heavy atom. The number of fused-ring (bicyclic) bond motifs is 8. The van der Waals surface area contributed by atoms with Crippen molar-refractivity contribution < 1.29 is 19.8 Å². The molecule has 0 aliphatic carbocycles. The molecule has 0 aromatic carbocycles. The molecule has 8 heteroatoms. The van der Waals surface area contributed by atoms with Crippen molar-refractivity contribution in [1.82, 2.24) is 20.3 Å². The third kappa shape index (κ3) is 4.61. The van der Waals surface area contributed by atoms with Gasteiger partial charge < -0.3 is 30.5 Å². The standard InChI is InChI=1S/C32H38N4O4/c1-7-19-15(3)22-11-23-17(5)21(9-10-30(37)38)28(35-23)14-29-31(32(39)40)18(6)25(36-29)13-27-20(8-2)16(4)24(34-27)12-26(19)33-22/h11-14,17,21,33-36H,7-10H2,1-6H3,(H,37,38)(H,39,40)/t17-,21+/m0/s1. The van der Waals surface area contributed by atoms with Gasteiger partial charge in [0.05, 0.1) is 11.3 Å². The summed E-state index contributed by atoms with van der Waals surface area (Å²) in [5, 5.41) is 25.1. The van der Waals surface area contributed by atoms with Gasteiger partial charge in [0.15, 0.2) is 0 Å². The highest BCUT2D eigenvalue weighted by Gasteiger charge is 2.33. The van der Waals surface area contributed by atoms with Crippen molar-refractivity contribution in [2.45, 2.75) is 67.2 Å². The smallest absolute Gasteiger partial charge is 0.338 e. The zero-order valence-corrected chi connectivity index (χ0v) is 24.0. The number of carboxylic acid groups (broad SMARTS) is 2. The van der Waals surface area contributed by atoms with E-state index >= 15 is 0 Å². The fourth-order valence-corrected chi connectivity index (χ4v) is 6.42. The molecule has 0 spiro atoms. The van der Waals surface area contributed by atoms with Crippen molar-refractivity contribution in [2.75, 3.05) is 0 Å². The van der Waals surface area contributed by atoms with Crippen LogP contribution in [0.3, 0.4) is 0 Å². The van der Waals surface area contributed by atoms with Crippen LogP contribution in [-0.2, 0) is 17.6 Å². The summed E-state index contributed by atoms with van der Waals surface area (Å²) in [6.07, 6.45) is 10.3. The summed E-state index contributed by atoms with van der Waals surface area (Å²) in [6.45, 7) is 12.5. The van der Waals surface area contributed by atoms with Crippen molar-refractivity contribution in [3.8, 4) is 0 Å². The fraction of sp³-hybridized carbons (Fsp3) is 0.375. The number of hydrogen-bond acceptors (Lipinski definition) is 3. The summed E-state index contributed by atoms with van der Waals surface area (Å²) in [7, 11) is 0. The minimum absolute atomic E-state index is 0.0248. The lowest BCUT2D eigenvalue weighted by Gasteiger charge is -2.14. The number of hydrogen-bond donors (Lipinski definition) is 6. The van der Waals surface area contributed by atoms with E-state index in [1.165, 1.54) is 22.3 Å². The van der Waals surface area contributed by atoms with Crippen molar-refractivity contribution in [2.24, 2.45) is 11.8 Å². The van der Waals surface area contributed by atoms with Crippen LogP contribution in [0.1, 0.15) is 94.6 Å². The van der Waals surface area contributed by atoms with Gasteiger partial charge in [-0.15, -0.1) is 0 Å². The quantitative estimate of drug-likeness (QED) is 0.273. The largest absolute Gasteiger partial charge is 0.481 e. The number of aromatic nitrogens is 3. The summed E-state index contributed by atoms with van der Waals surface area (Å²) in [5.41, 5.74) is 10.8. The molecule has 210 valence electrons. The molecule has 1 fully saturated rings. The van der Waals surface area contributed by atoms with Crippen LogP contribution in [0.15, 0.2) is 11.4 Å². The molecular weight excluding hydrogens is 504 g/mol. The molecule has 1 saturated heterocycles. The Morgan fingerprint density at radius 3 is 2.02 bits per heavy atom. The summed E-state index contributed by atoms with van der Waals surface area (Å²) >= 11 is 0. The van der Waals surface area contributed by atoms with Crippen LogP contribution >= 0.6 is 0 Å². The maximum atomic E-state index is 12.4. The number of H-pyrrole nitrogens is 3. The van der Waals surface area contributed by atoms with Crippen LogP contribution < -0.4 is 16.0 Å². The molecule has 6 N–H and O–H groups in total. The maximum Gasteiger partial charge on any atom is 0.338 e. The molecule has 8 nitrogen and oxygen atoms in total. The molecule has 5 rings (SSSR count). The van der Waals surface area contributed by atoms with Gasteiger partial charge in [-0.3, -0.25) is 4.79 Å². The van der Waals surface area contributed by atoms with E-state index in [9.17, 15) is 19.8 Å². The lowest BCUT2D eigenvalue weighted by atomic mass is 9.88. The first-order valence-electron chi connectivity index (χ1n) is 14.0. The van der Waals surface area contributed by atoms with Crippen molar-refractivity contribution in [1.29, 1.82) is 0 Å². The van der Waals surface area contributed by atoms with Gasteiger partial charge in [-0.05, 0) is 92.2 Å². The van der Waals surface area contributed by atoms with Crippen LogP contribution in [0.5, 0.6) is 0 Å². The lowest BCUT2D eigenvalue weighted by molar-refractivity contribution is -0.137. The minimum Gasteiger partial charge on any atom is -0.481 e. The number of rotatable bonds is 6. The molecule has 3 aromatic heterocycles. The highest BCUT2D eigenvalue weighted by Crippen LogP contribution is 2.39. The Balaban J connectivity index is 1.85. The molecule has 8 bridgehead atoms. The molecule has 40 heavy (non-hydrogen) atoms. The van der Waals surface area contributed by atoms with Gasteiger partial charge in [-0.25, -0.2) is 4.79 Å². The second-order valence-corrected chi connectivity index (χ2v) is 11.0. The van der Waals surface area contributed by atoms with E-state index in [2.05, 4.69) is 67.0 Å². The monoisotopic (exact) mass is 542 g/mol. The third-order valence-electron chi connectivity index (χ3n) is 8.77. The highest BCUT2D eigenvalue weighted by molar-refractivity contribution is 5.95. The number of aliphatic carboxylic acids is 1. The van der Waals surface area contributed by atoms with Crippen molar-refractivity contribution >= 4 is 36.2 Å². The topological polar surface area (TPSA) is 134 Å². The average Bonchev–Trinajstić information content (AvgIpc) is 3.55. The number of nitrogens with one attached hydrogen (secondary N) is 4. The number of carbonyl (C=O) groups is 2. The van der Waals surface area contributed by atoms with Gasteiger partial charge >= 0.3 is 11.9 Å². The third-order valence-corrected chi connectivity index (χ3v) is 8.77. The second-order valence-electron chi connectivity index (χ2n) is 11.0. The summed E-state index contributed by atoms with van der Waals surface area (Å²) < 4.78 is 0. The highest BCUT2D eigenvalue weighted by atomic mass is 16.4. The first kappa shape index (κ1) is 27.4. The van der Waals surface area contributed by atoms with Gasteiger partial charge in [0.2, 0.25) is 0 Å². The van der Waals surface area contributed by atoms with E-state index in [4.69, 9.17) is 0 Å². The molecule has 0 radical (unpaired) electrons. The van der Waals surface area contributed by atoms with Gasteiger partial charge in [0.1, 0.15) is 0 Å². The lowest BCUT2D eigenvalue weighted by Crippen LogP contribution is -2.12. The van der Waals surface area contributed by atoms with E-state index in [-0.39, 0.29) is 23.8 Å². The molecular formula is C32H38N4O4. The Labute approximate surface area is 233 Å². The Hall–Kier alpha value is -4.20. The molecule has 3 aromatic rings. The first-order chi connectivity index (χ1) is 19.0. The van der Waals surface area contributed by atoms with Crippen LogP contribution in [0.4, 0.5) is 0 Å². The van der Waals surface area contributed by atoms with E-state index in [1.807, 2.05) is 19.1 Å². The van der Waals surface area contributed by atoms with Crippen LogP contribution in [0, 0.1) is 32.6 Å². The fourth-order valence-electron chi connectivity index (χ4n) is 6.42. The van der Waals surface area contributed by atoms with Gasteiger partial charge in [-0.1, -0.05) is 20.8 Å². The number of carboxylic acids is 2. The summed E-state index contributed by atoms with van der Waals surface area (Å²) in [5.74, 6) is -1.92. The molecule has 2 aliphatic heterocycles. The normalized spacial score (nSPS) is 17.9. The summed E-state index contributed by atoms with van der Waals surface area (Å²) in [4.78, 5) is 34.5. The minimum atomic E-state index is -1.00. The van der Waals surface area contributed by atoms with Crippen molar-refractivity contribution in [3.63, 3.8) is 0 Å². The predicted molar refractivity (Wildman–Crippen MR) is 157 cm³/mol. The first-order valence-corrected chi connectivity index (χ1v) is 14.0. The Bertz CT molecular complexity index is 1710. The molecule has 2 atom stereocenters. The summed E-state index contributed by atoms with van der Waals surface area (Å²) in [6, 6.07) is 0. The average molecular weight is 543 g/mol.